The normalized spacial score (nSPS) is 10.9. The molecule has 0 amide bonds. The Hall–Kier alpha value is -3.49. The lowest BCUT2D eigenvalue weighted by atomic mass is 10.1. The summed E-state index contributed by atoms with van der Waals surface area (Å²) >= 11 is 0. The fourth-order valence-electron chi connectivity index (χ4n) is 2.94. The number of hydrogen-bond donors (Lipinski definition) is 0. The first kappa shape index (κ1) is 23.2. The lowest BCUT2D eigenvalue weighted by Crippen LogP contribution is -2.12. The average Bonchev–Trinajstić information content (AvgIpc) is 2.80. The zero-order valence-electron chi connectivity index (χ0n) is 16.6. The molecular weight excluding hydrogens is 435 g/mol. The first-order chi connectivity index (χ1) is 15.3. The Kier molecular flexibility index (Phi) is 7.40. The minimum atomic E-state index is -2.29. The van der Waals surface area contributed by atoms with Gasteiger partial charge in [0, 0.05) is 12.8 Å². The first-order valence-electron chi connectivity index (χ1n) is 9.57. The van der Waals surface area contributed by atoms with Crippen LogP contribution < -0.4 is 0 Å². The van der Waals surface area contributed by atoms with Gasteiger partial charge >= 0.3 is 11.9 Å². The van der Waals surface area contributed by atoms with Crippen LogP contribution in [0.5, 0.6) is 0 Å². The van der Waals surface area contributed by atoms with Gasteiger partial charge in [-0.25, -0.2) is 22.0 Å². The van der Waals surface area contributed by atoms with E-state index >= 15 is 0 Å². The van der Waals surface area contributed by atoms with E-state index in [1.165, 1.54) is 0 Å². The Labute approximate surface area is 179 Å². The van der Waals surface area contributed by atoms with Crippen molar-refractivity contribution >= 4 is 22.7 Å². The molecule has 3 aromatic rings. The van der Waals surface area contributed by atoms with E-state index in [1.807, 2.05) is 42.5 Å². The Balaban J connectivity index is 1.42. The molecule has 0 saturated carbocycles. The molecule has 0 bridgehead atoms. The van der Waals surface area contributed by atoms with Crippen molar-refractivity contribution in [2.75, 3.05) is 0 Å². The van der Waals surface area contributed by atoms with Crippen molar-refractivity contribution in [3.8, 4) is 0 Å². The second-order valence-electron chi connectivity index (χ2n) is 6.90. The van der Waals surface area contributed by atoms with Gasteiger partial charge in [0.1, 0.15) is 13.2 Å². The van der Waals surface area contributed by atoms with Gasteiger partial charge in [-0.3, -0.25) is 9.59 Å². The number of hydrogen-bond acceptors (Lipinski definition) is 4. The minimum Gasteiger partial charge on any atom is -0.461 e. The Morgan fingerprint density at radius 3 is 1.81 bits per heavy atom. The summed E-state index contributed by atoms with van der Waals surface area (Å²) in [6, 6.07) is 13.3. The molecule has 0 aliphatic heterocycles. The highest BCUT2D eigenvalue weighted by atomic mass is 19.2. The number of fused-ring (bicyclic) bond motifs is 1. The van der Waals surface area contributed by atoms with Gasteiger partial charge in [0.05, 0.1) is 5.56 Å². The smallest absolute Gasteiger partial charge is 0.306 e. The van der Waals surface area contributed by atoms with Gasteiger partial charge in [-0.05, 0) is 28.8 Å². The second kappa shape index (κ2) is 10.2. The molecule has 0 saturated heterocycles. The molecule has 0 aromatic heterocycles. The van der Waals surface area contributed by atoms with E-state index < -0.39 is 53.2 Å². The van der Waals surface area contributed by atoms with Gasteiger partial charge in [0.25, 0.3) is 0 Å². The van der Waals surface area contributed by atoms with Crippen molar-refractivity contribution in [2.24, 2.45) is 0 Å². The third kappa shape index (κ3) is 5.40. The van der Waals surface area contributed by atoms with Crippen LogP contribution in [0.15, 0.2) is 42.5 Å². The highest BCUT2D eigenvalue weighted by Gasteiger charge is 2.26. The van der Waals surface area contributed by atoms with Crippen LogP contribution in [0.4, 0.5) is 22.0 Å². The van der Waals surface area contributed by atoms with Crippen molar-refractivity contribution in [3.63, 3.8) is 0 Å². The topological polar surface area (TPSA) is 52.6 Å². The largest absolute Gasteiger partial charge is 0.461 e. The van der Waals surface area contributed by atoms with Crippen LogP contribution in [-0.4, -0.2) is 11.9 Å². The van der Waals surface area contributed by atoms with E-state index in [2.05, 4.69) is 4.74 Å². The summed E-state index contributed by atoms with van der Waals surface area (Å²) < 4.78 is 76.1. The zero-order valence-corrected chi connectivity index (χ0v) is 16.6. The summed E-state index contributed by atoms with van der Waals surface area (Å²) in [5.41, 5.74) is -0.455. The molecule has 0 atom stereocenters. The van der Waals surface area contributed by atoms with Gasteiger partial charge in [-0.2, -0.15) is 0 Å². The number of ether oxygens (including phenoxy) is 2. The van der Waals surface area contributed by atoms with E-state index in [0.29, 0.717) is 0 Å². The molecule has 32 heavy (non-hydrogen) atoms. The molecule has 0 aliphatic rings. The first-order valence-corrected chi connectivity index (χ1v) is 9.57. The summed E-state index contributed by atoms with van der Waals surface area (Å²) in [5, 5.41) is 2.05. The predicted octanol–water partition coefficient (Wildman–Crippen LogP) is 5.49. The maximum atomic E-state index is 13.5. The van der Waals surface area contributed by atoms with Crippen LogP contribution in [-0.2, 0) is 32.3 Å². The van der Waals surface area contributed by atoms with Crippen molar-refractivity contribution in [1.29, 1.82) is 0 Å². The van der Waals surface area contributed by atoms with E-state index in [0.717, 1.165) is 16.3 Å². The molecular formula is C23H17F5O4. The summed E-state index contributed by atoms with van der Waals surface area (Å²) in [4.78, 5) is 23.5. The van der Waals surface area contributed by atoms with Crippen LogP contribution in [0.25, 0.3) is 10.8 Å². The summed E-state index contributed by atoms with van der Waals surface area (Å²) in [7, 11) is 0. The van der Waals surface area contributed by atoms with E-state index in [4.69, 9.17) is 4.74 Å². The van der Waals surface area contributed by atoms with Gasteiger partial charge in [-0.15, -0.1) is 0 Å². The SMILES string of the molecule is O=C(CCCC(=O)OCc1c(F)c(F)c(F)c(F)c1F)OCc1ccc2ccccc2c1. The lowest BCUT2D eigenvalue weighted by molar-refractivity contribution is -0.146. The summed E-state index contributed by atoms with van der Waals surface area (Å²) in [6.45, 7) is -1.08. The number of benzene rings is 3. The summed E-state index contributed by atoms with van der Waals surface area (Å²) in [5.74, 6) is -12.2. The molecule has 0 spiro atoms. The molecule has 3 aromatic carbocycles. The third-order valence-electron chi connectivity index (χ3n) is 4.65. The van der Waals surface area contributed by atoms with Crippen LogP contribution in [0.2, 0.25) is 0 Å². The monoisotopic (exact) mass is 452 g/mol. The molecule has 0 radical (unpaired) electrons. The average molecular weight is 452 g/mol. The maximum Gasteiger partial charge on any atom is 0.306 e. The highest BCUT2D eigenvalue weighted by Crippen LogP contribution is 2.24. The molecule has 4 nitrogen and oxygen atoms in total. The van der Waals surface area contributed by atoms with E-state index in [9.17, 15) is 31.5 Å². The predicted molar refractivity (Wildman–Crippen MR) is 104 cm³/mol. The molecule has 168 valence electrons. The third-order valence-corrected chi connectivity index (χ3v) is 4.65. The Morgan fingerprint density at radius 1 is 0.656 bits per heavy atom. The maximum absolute atomic E-state index is 13.5. The second-order valence-corrected chi connectivity index (χ2v) is 6.90. The number of halogens is 5. The standard InChI is InChI=1S/C23H17F5O4/c24-19-16(20(25)22(27)23(28)21(19)26)12-32-18(30)7-3-6-17(29)31-11-13-8-9-14-4-1-2-5-15(14)10-13/h1-2,4-5,8-10H,3,6-7,11-12H2. The number of esters is 2. The molecule has 0 heterocycles. The van der Waals surface area contributed by atoms with Crippen LogP contribution in [0, 0.1) is 29.1 Å². The van der Waals surface area contributed by atoms with Crippen molar-refractivity contribution in [1.82, 2.24) is 0 Å². The molecule has 0 fully saturated rings. The van der Waals surface area contributed by atoms with Crippen LogP contribution >= 0.6 is 0 Å². The molecule has 0 unspecified atom stereocenters. The highest BCUT2D eigenvalue weighted by molar-refractivity contribution is 5.83. The molecule has 3 rings (SSSR count). The van der Waals surface area contributed by atoms with Gasteiger partial charge in [-0.1, -0.05) is 36.4 Å². The lowest BCUT2D eigenvalue weighted by Gasteiger charge is -2.09. The zero-order chi connectivity index (χ0) is 23.3. The van der Waals surface area contributed by atoms with Crippen molar-refractivity contribution in [2.45, 2.75) is 32.5 Å². The quantitative estimate of drug-likeness (QED) is 0.196. The van der Waals surface area contributed by atoms with Crippen LogP contribution in [0.1, 0.15) is 30.4 Å². The molecule has 0 N–H and O–H groups in total. The number of carbonyl (C=O) groups excluding carboxylic acids is 2. The van der Waals surface area contributed by atoms with Gasteiger partial charge < -0.3 is 9.47 Å². The fraction of sp³-hybridized carbons (Fsp3) is 0.217. The number of carbonyl (C=O) groups is 2. The van der Waals surface area contributed by atoms with Gasteiger partial charge in [0.15, 0.2) is 23.3 Å². The Bertz CT molecular complexity index is 1130. The molecule has 9 heteroatoms. The van der Waals surface area contributed by atoms with Crippen LogP contribution in [0.3, 0.4) is 0 Å². The van der Waals surface area contributed by atoms with Gasteiger partial charge in [0.2, 0.25) is 5.82 Å². The van der Waals surface area contributed by atoms with Crippen molar-refractivity contribution in [3.05, 3.63) is 82.7 Å². The Morgan fingerprint density at radius 2 is 1.19 bits per heavy atom. The van der Waals surface area contributed by atoms with E-state index in [1.54, 1.807) is 0 Å². The fourth-order valence-corrected chi connectivity index (χ4v) is 2.94. The van der Waals surface area contributed by atoms with Crippen molar-refractivity contribution < 1.29 is 41.0 Å². The molecule has 0 aliphatic carbocycles. The number of rotatable bonds is 8. The summed E-state index contributed by atoms with van der Waals surface area (Å²) in [6.07, 6.45) is -0.405. The van der Waals surface area contributed by atoms with E-state index in [-0.39, 0.29) is 25.9 Å². The minimum absolute atomic E-state index is 0.0203.